The number of aliphatic hydroxyl groups is 1. The number of benzene rings is 2. The van der Waals surface area contributed by atoms with E-state index in [-0.39, 0.29) is 18.3 Å². The van der Waals surface area contributed by atoms with Gasteiger partial charge >= 0.3 is 5.97 Å². The first-order valence-corrected chi connectivity index (χ1v) is 11.4. The number of methoxy groups -OCH3 is 1. The SMILES string of the molecule is COc1cc(C)c(S(=O)(=O)NC(C(=O)OCc2ccc3c(c2)OCO3)[C@H](C)O)c(C)c1C. The minimum atomic E-state index is -4.15. The van der Waals surface area contributed by atoms with E-state index in [0.717, 1.165) is 0 Å². The lowest BCUT2D eigenvalue weighted by Crippen LogP contribution is -2.48. The van der Waals surface area contributed by atoms with Crippen molar-refractivity contribution in [2.75, 3.05) is 13.9 Å². The van der Waals surface area contributed by atoms with Crippen molar-refractivity contribution in [3.05, 3.63) is 46.5 Å². The number of ether oxygens (including phenoxy) is 4. The molecular formula is C22H27NO8S. The fraction of sp³-hybridized carbons (Fsp3) is 0.409. The highest BCUT2D eigenvalue weighted by Crippen LogP contribution is 2.33. The largest absolute Gasteiger partial charge is 0.496 e. The van der Waals surface area contributed by atoms with Gasteiger partial charge in [-0.25, -0.2) is 8.42 Å². The number of aliphatic hydroxyl groups excluding tert-OH is 1. The van der Waals surface area contributed by atoms with Crippen molar-refractivity contribution in [2.45, 2.75) is 51.3 Å². The second kappa shape index (κ2) is 9.35. The topological polar surface area (TPSA) is 120 Å². The zero-order valence-corrected chi connectivity index (χ0v) is 19.4. The second-order valence-corrected chi connectivity index (χ2v) is 9.26. The molecule has 32 heavy (non-hydrogen) atoms. The number of carbonyl (C=O) groups is 1. The van der Waals surface area contributed by atoms with Crippen LogP contribution < -0.4 is 18.9 Å². The predicted octanol–water partition coefficient (Wildman–Crippen LogP) is 2.12. The average molecular weight is 466 g/mol. The first-order valence-electron chi connectivity index (χ1n) is 9.95. The van der Waals surface area contributed by atoms with Gasteiger partial charge in [0, 0.05) is 0 Å². The third-order valence-electron chi connectivity index (χ3n) is 5.30. The molecule has 0 amide bonds. The number of rotatable bonds is 8. The van der Waals surface area contributed by atoms with E-state index in [1.54, 1.807) is 45.0 Å². The number of fused-ring (bicyclic) bond motifs is 1. The van der Waals surface area contributed by atoms with E-state index in [1.807, 2.05) is 0 Å². The molecule has 2 aromatic rings. The van der Waals surface area contributed by atoms with Gasteiger partial charge in [0.1, 0.15) is 18.4 Å². The van der Waals surface area contributed by atoms with E-state index >= 15 is 0 Å². The third kappa shape index (κ3) is 4.82. The number of sulfonamides is 1. The molecule has 9 nitrogen and oxygen atoms in total. The maximum Gasteiger partial charge on any atom is 0.327 e. The third-order valence-corrected chi connectivity index (χ3v) is 7.03. The zero-order valence-electron chi connectivity index (χ0n) is 18.6. The zero-order chi connectivity index (χ0) is 23.6. The summed E-state index contributed by atoms with van der Waals surface area (Å²) in [5.41, 5.74) is 2.24. The van der Waals surface area contributed by atoms with Gasteiger partial charge in [-0.1, -0.05) is 6.07 Å². The van der Waals surface area contributed by atoms with E-state index in [4.69, 9.17) is 18.9 Å². The molecular weight excluding hydrogens is 438 g/mol. The number of esters is 1. The molecule has 0 fully saturated rings. The Bertz CT molecular complexity index is 1130. The Kier molecular flexibility index (Phi) is 6.97. The van der Waals surface area contributed by atoms with Gasteiger partial charge in [0.25, 0.3) is 0 Å². The summed E-state index contributed by atoms with van der Waals surface area (Å²) in [6, 6.07) is 5.19. The molecule has 1 heterocycles. The molecule has 0 aromatic heterocycles. The molecule has 174 valence electrons. The van der Waals surface area contributed by atoms with Crippen LogP contribution in [0.2, 0.25) is 0 Å². The van der Waals surface area contributed by atoms with Crippen LogP contribution in [0, 0.1) is 20.8 Å². The van der Waals surface area contributed by atoms with Crippen LogP contribution >= 0.6 is 0 Å². The fourth-order valence-corrected chi connectivity index (χ4v) is 5.28. The molecule has 0 spiro atoms. The minimum Gasteiger partial charge on any atom is -0.496 e. The highest BCUT2D eigenvalue weighted by Gasteiger charge is 2.33. The molecule has 2 aromatic carbocycles. The van der Waals surface area contributed by atoms with E-state index in [2.05, 4.69) is 4.72 Å². The molecule has 0 aliphatic carbocycles. The van der Waals surface area contributed by atoms with Gasteiger partial charge in [0.15, 0.2) is 11.5 Å². The molecule has 1 unspecified atom stereocenters. The van der Waals surface area contributed by atoms with Crippen LogP contribution in [0.5, 0.6) is 17.2 Å². The molecule has 0 radical (unpaired) electrons. The maximum atomic E-state index is 13.1. The molecule has 3 rings (SSSR count). The summed E-state index contributed by atoms with van der Waals surface area (Å²) in [4.78, 5) is 12.7. The summed E-state index contributed by atoms with van der Waals surface area (Å²) in [6.45, 7) is 6.36. The van der Waals surface area contributed by atoms with Crippen molar-refractivity contribution in [2.24, 2.45) is 0 Å². The number of carbonyl (C=O) groups excluding carboxylic acids is 1. The first-order chi connectivity index (χ1) is 15.0. The monoisotopic (exact) mass is 465 g/mol. The van der Waals surface area contributed by atoms with Crippen LogP contribution in [0.4, 0.5) is 0 Å². The quantitative estimate of drug-likeness (QED) is 0.569. The number of aryl methyl sites for hydroxylation is 1. The standard InChI is InChI=1S/C22H27NO8S/c1-12-8-18(28-5)13(2)14(3)21(12)32(26,27)23-20(15(4)24)22(25)29-10-16-6-7-17-19(9-16)31-11-30-17/h6-9,15,20,23-24H,10-11H2,1-5H3/t15-,20?/m0/s1. The Morgan fingerprint density at radius 1 is 1.16 bits per heavy atom. The Morgan fingerprint density at radius 3 is 2.50 bits per heavy atom. The second-order valence-electron chi connectivity index (χ2n) is 7.61. The van der Waals surface area contributed by atoms with E-state index < -0.39 is 28.1 Å². The molecule has 1 aliphatic rings. The maximum absolute atomic E-state index is 13.1. The summed E-state index contributed by atoms with van der Waals surface area (Å²) in [6.07, 6.45) is -1.33. The van der Waals surface area contributed by atoms with Crippen LogP contribution in [-0.2, 0) is 26.2 Å². The lowest BCUT2D eigenvalue weighted by atomic mass is 10.1. The van der Waals surface area contributed by atoms with Crippen LogP contribution in [0.15, 0.2) is 29.2 Å². The highest BCUT2D eigenvalue weighted by atomic mass is 32.2. The van der Waals surface area contributed by atoms with Gasteiger partial charge in [0.05, 0.1) is 18.1 Å². The van der Waals surface area contributed by atoms with Crippen molar-refractivity contribution in [3.8, 4) is 17.2 Å². The molecule has 2 N–H and O–H groups in total. The number of hydrogen-bond acceptors (Lipinski definition) is 8. The van der Waals surface area contributed by atoms with Crippen LogP contribution in [0.3, 0.4) is 0 Å². The normalized spacial score (nSPS) is 14.7. The fourth-order valence-electron chi connectivity index (χ4n) is 3.49. The van der Waals surface area contributed by atoms with Crippen molar-refractivity contribution < 1.29 is 37.3 Å². The molecule has 0 saturated carbocycles. The summed E-state index contributed by atoms with van der Waals surface area (Å²) >= 11 is 0. The average Bonchev–Trinajstić information content (AvgIpc) is 3.20. The summed E-state index contributed by atoms with van der Waals surface area (Å²) < 4.78 is 49.7. The lowest BCUT2D eigenvalue weighted by molar-refractivity contribution is -0.149. The van der Waals surface area contributed by atoms with E-state index in [9.17, 15) is 18.3 Å². The van der Waals surface area contributed by atoms with Crippen molar-refractivity contribution in [1.29, 1.82) is 0 Å². The van der Waals surface area contributed by atoms with Gasteiger partial charge in [-0.05, 0) is 68.1 Å². The lowest BCUT2D eigenvalue weighted by Gasteiger charge is -2.22. The molecule has 0 bridgehead atoms. The number of nitrogens with one attached hydrogen (secondary N) is 1. The van der Waals surface area contributed by atoms with E-state index in [0.29, 0.717) is 39.5 Å². The summed E-state index contributed by atoms with van der Waals surface area (Å²) in [5, 5.41) is 10.1. The Balaban J connectivity index is 1.78. The summed E-state index contributed by atoms with van der Waals surface area (Å²) in [5.74, 6) is 0.790. The van der Waals surface area contributed by atoms with Crippen LogP contribution in [-0.4, -0.2) is 45.5 Å². The van der Waals surface area contributed by atoms with Crippen LogP contribution in [0.1, 0.15) is 29.2 Å². The smallest absolute Gasteiger partial charge is 0.327 e. The van der Waals surface area contributed by atoms with Crippen LogP contribution in [0.25, 0.3) is 0 Å². The van der Waals surface area contributed by atoms with Gasteiger partial charge in [-0.3, -0.25) is 4.79 Å². The Morgan fingerprint density at radius 2 is 1.84 bits per heavy atom. The minimum absolute atomic E-state index is 0.0324. The summed E-state index contributed by atoms with van der Waals surface area (Å²) in [7, 11) is -2.65. The molecule has 2 atom stereocenters. The Hall–Kier alpha value is -2.82. The first kappa shape index (κ1) is 23.8. The predicted molar refractivity (Wildman–Crippen MR) is 115 cm³/mol. The van der Waals surface area contributed by atoms with E-state index in [1.165, 1.54) is 14.0 Å². The van der Waals surface area contributed by atoms with Gasteiger partial charge < -0.3 is 24.1 Å². The van der Waals surface area contributed by atoms with Crippen molar-refractivity contribution in [1.82, 2.24) is 4.72 Å². The van der Waals surface area contributed by atoms with Gasteiger partial charge in [-0.2, -0.15) is 4.72 Å². The Labute approximate surface area is 187 Å². The molecule has 1 aliphatic heterocycles. The van der Waals surface area contributed by atoms with Crippen molar-refractivity contribution >= 4 is 16.0 Å². The van der Waals surface area contributed by atoms with Crippen molar-refractivity contribution in [3.63, 3.8) is 0 Å². The number of hydrogen-bond donors (Lipinski definition) is 2. The van der Waals surface area contributed by atoms with Gasteiger partial charge in [0.2, 0.25) is 16.8 Å². The van der Waals surface area contributed by atoms with Gasteiger partial charge in [-0.15, -0.1) is 0 Å². The molecule has 10 heteroatoms. The molecule has 0 saturated heterocycles. The highest BCUT2D eigenvalue weighted by molar-refractivity contribution is 7.89.